The lowest BCUT2D eigenvalue weighted by molar-refractivity contribution is -0.384. The molecule has 3 aromatic rings. The predicted octanol–water partition coefficient (Wildman–Crippen LogP) is 4.98. The summed E-state index contributed by atoms with van der Waals surface area (Å²) in [4.78, 5) is 10.5. The molecule has 0 unspecified atom stereocenters. The highest BCUT2D eigenvalue weighted by molar-refractivity contribution is 7.98. The Morgan fingerprint density at radius 2 is 1.93 bits per heavy atom. The van der Waals surface area contributed by atoms with E-state index in [2.05, 4.69) is 14.8 Å². The van der Waals surface area contributed by atoms with Crippen molar-refractivity contribution in [3.8, 4) is 11.4 Å². The molecule has 7 nitrogen and oxygen atoms in total. The van der Waals surface area contributed by atoms with Gasteiger partial charge in [0.25, 0.3) is 5.69 Å². The highest BCUT2D eigenvalue weighted by Gasteiger charge is 2.22. The van der Waals surface area contributed by atoms with E-state index in [1.165, 1.54) is 12.1 Å². The largest absolute Gasteiger partial charge is 0.376 e. The topological polar surface area (TPSA) is 83.1 Å². The predicted molar refractivity (Wildman–Crippen MR) is 112 cm³/mol. The monoisotopic (exact) mass is 430 g/mol. The van der Waals surface area contributed by atoms with Crippen molar-refractivity contribution in [2.24, 2.45) is 0 Å². The maximum absolute atomic E-state index is 10.9. The summed E-state index contributed by atoms with van der Waals surface area (Å²) in [7, 11) is 0. The molecule has 1 atom stereocenters. The number of rotatable bonds is 7. The van der Waals surface area contributed by atoms with E-state index in [1.807, 2.05) is 24.3 Å². The summed E-state index contributed by atoms with van der Waals surface area (Å²) in [5.74, 6) is 1.43. The van der Waals surface area contributed by atoms with Gasteiger partial charge in [0, 0.05) is 35.1 Å². The first-order valence-electron chi connectivity index (χ1n) is 9.27. The van der Waals surface area contributed by atoms with Gasteiger partial charge in [-0.05, 0) is 42.7 Å². The van der Waals surface area contributed by atoms with Gasteiger partial charge in [-0.2, -0.15) is 0 Å². The summed E-state index contributed by atoms with van der Waals surface area (Å²) < 4.78 is 7.86. The molecule has 29 heavy (non-hydrogen) atoms. The fourth-order valence-corrected chi connectivity index (χ4v) is 4.26. The number of nitrogens with zero attached hydrogens (tertiary/aromatic N) is 4. The number of hydrogen-bond donors (Lipinski definition) is 0. The zero-order chi connectivity index (χ0) is 20.2. The number of halogens is 1. The SMILES string of the molecule is O=[N+]([O-])c1ccc(-c2nnc(SCc3ccc(Cl)cc3)n2C[C@@H]2CCCO2)cc1. The summed E-state index contributed by atoms with van der Waals surface area (Å²) in [5.41, 5.74) is 1.98. The van der Waals surface area contributed by atoms with Gasteiger partial charge < -0.3 is 4.74 Å². The molecule has 1 fully saturated rings. The molecule has 0 N–H and O–H groups in total. The van der Waals surface area contributed by atoms with Gasteiger partial charge in [0.2, 0.25) is 0 Å². The van der Waals surface area contributed by atoms with E-state index in [0.717, 1.165) is 41.5 Å². The van der Waals surface area contributed by atoms with Crippen molar-refractivity contribution in [1.82, 2.24) is 14.8 Å². The highest BCUT2D eigenvalue weighted by atomic mass is 35.5. The second-order valence-corrected chi connectivity index (χ2v) is 8.15. The van der Waals surface area contributed by atoms with E-state index in [0.29, 0.717) is 17.4 Å². The molecule has 0 spiro atoms. The molecule has 9 heteroatoms. The van der Waals surface area contributed by atoms with Crippen molar-refractivity contribution in [1.29, 1.82) is 0 Å². The smallest absolute Gasteiger partial charge is 0.269 e. The fourth-order valence-electron chi connectivity index (χ4n) is 3.23. The molecule has 1 aromatic heterocycles. The minimum absolute atomic E-state index is 0.0521. The Morgan fingerprint density at radius 3 is 2.59 bits per heavy atom. The number of thioether (sulfide) groups is 1. The van der Waals surface area contributed by atoms with Crippen LogP contribution in [-0.2, 0) is 17.0 Å². The number of nitro benzene ring substituents is 1. The maximum Gasteiger partial charge on any atom is 0.269 e. The number of ether oxygens (including phenoxy) is 1. The molecule has 4 rings (SSSR count). The zero-order valence-electron chi connectivity index (χ0n) is 15.5. The molecule has 0 amide bonds. The van der Waals surface area contributed by atoms with Gasteiger partial charge in [-0.1, -0.05) is 35.5 Å². The average Bonchev–Trinajstić information content (AvgIpc) is 3.38. The summed E-state index contributed by atoms with van der Waals surface area (Å²) in [6, 6.07) is 14.1. The van der Waals surface area contributed by atoms with Crippen molar-refractivity contribution in [2.75, 3.05) is 6.61 Å². The summed E-state index contributed by atoms with van der Waals surface area (Å²) >= 11 is 7.56. The molecule has 1 aliphatic rings. The molecule has 1 saturated heterocycles. The lowest BCUT2D eigenvalue weighted by atomic mass is 10.2. The van der Waals surface area contributed by atoms with Crippen molar-refractivity contribution >= 4 is 29.1 Å². The van der Waals surface area contributed by atoms with E-state index < -0.39 is 4.92 Å². The number of nitro groups is 1. The minimum Gasteiger partial charge on any atom is -0.376 e. The summed E-state index contributed by atoms with van der Waals surface area (Å²) in [6.45, 7) is 1.43. The summed E-state index contributed by atoms with van der Waals surface area (Å²) in [6.07, 6.45) is 2.17. The van der Waals surface area contributed by atoms with Crippen molar-refractivity contribution in [3.63, 3.8) is 0 Å². The van der Waals surface area contributed by atoms with Gasteiger partial charge in [0.15, 0.2) is 11.0 Å². The van der Waals surface area contributed by atoms with E-state index in [-0.39, 0.29) is 11.8 Å². The number of benzene rings is 2. The van der Waals surface area contributed by atoms with Gasteiger partial charge in [0.05, 0.1) is 17.6 Å². The van der Waals surface area contributed by atoms with Crippen LogP contribution in [0.15, 0.2) is 53.7 Å². The molecule has 150 valence electrons. The number of hydrogen-bond acceptors (Lipinski definition) is 6. The highest BCUT2D eigenvalue weighted by Crippen LogP contribution is 2.29. The van der Waals surface area contributed by atoms with Crippen LogP contribution in [-0.4, -0.2) is 32.4 Å². The van der Waals surface area contributed by atoms with Crippen LogP contribution < -0.4 is 0 Å². The molecule has 2 heterocycles. The molecule has 1 aliphatic heterocycles. The van der Waals surface area contributed by atoms with Crippen LogP contribution in [0.25, 0.3) is 11.4 Å². The van der Waals surface area contributed by atoms with Gasteiger partial charge >= 0.3 is 0 Å². The first-order chi connectivity index (χ1) is 14.1. The first-order valence-corrected chi connectivity index (χ1v) is 10.6. The normalized spacial score (nSPS) is 16.2. The molecule has 0 aliphatic carbocycles. The van der Waals surface area contributed by atoms with E-state index >= 15 is 0 Å². The molecule has 0 bridgehead atoms. The van der Waals surface area contributed by atoms with E-state index in [9.17, 15) is 10.1 Å². The molecule has 0 saturated carbocycles. The van der Waals surface area contributed by atoms with Crippen molar-refractivity contribution in [2.45, 2.75) is 36.4 Å². The Labute approximate surface area is 177 Å². The Morgan fingerprint density at radius 1 is 1.17 bits per heavy atom. The van der Waals surface area contributed by atoms with Crippen molar-refractivity contribution < 1.29 is 9.66 Å². The average molecular weight is 431 g/mol. The Hall–Kier alpha value is -2.42. The number of non-ortho nitro benzene ring substituents is 1. The van der Waals surface area contributed by atoms with Gasteiger partial charge in [-0.15, -0.1) is 10.2 Å². The quantitative estimate of drug-likeness (QED) is 0.298. The second kappa shape index (κ2) is 8.94. The van der Waals surface area contributed by atoms with Crippen LogP contribution in [0.2, 0.25) is 5.02 Å². The van der Waals surface area contributed by atoms with E-state index in [1.54, 1.807) is 23.9 Å². The third-order valence-corrected chi connectivity index (χ3v) is 6.03. The second-order valence-electron chi connectivity index (χ2n) is 6.77. The lowest BCUT2D eigenvalue weighted by Gasteiger charge is -2.14. The van der Waals surface area contributed by atoms with Gasteiger partial charge in [0.1, 0.15) is 0 Å². The molecular weight excluding hydrogens is 412 g/mol. The molecule has 2 aromatic carbocycles. The Bertz CT molecular complexity index is 986. The third kappa shape index (κ3) is 4.77. The standard InChI is InChI=1S/C20H19ClN4O3S/c21-16-7-3-14(4-8-16)13-29-20-23-22-19(24(20)12-18-2-1-11-28-18)15-5-9-17(10-6-15)25(26)27/h3-10,18H,1-2,11-13H2/t18-/m0/s1. The Kier molecular flexibility index (Phi) is 6.13. The fraction of sp³-hybridized carbons (Fsp3) is 0.300. The third-order valence-electron chi connectivity index (χ3n) is 4.74. The number of aromatic nitrogens is 3. The minimum atomic E-state index is -0.408. The van der Waals surface area contributed by atoms with Crippen LogP contribution in [0.4, 0.5) is 5.69 Å². The van der Waals surface area contributed by atoms with Crippen LogP contribution in [0, 0.1) is 10.1 Å². The molecular formula is C20H19ClN4O3S. The molecule has 0 radical (unpaired) electrons. The van der Waals surface area contributed by atoms with Crippen molar-refractivity contribution in [3.05, 3.63) is 69.2 Å². The van der Waals surface area contributed by atoms with Gasteiger partial charge in [-0.25, -0.2) is 0 Å². The maximum atomic E-state index is 10.9. The Balaban J connectivity index is 1.60. The lowest BCUT2D eigenvalue weighted by Crippen LogP contribution is -2.16. The van der Waals surface area contributed by atoms with Crippen LogP contribution in [0.5, 0.6) is 0 Å². The van der Waals surface area contributed by atoms with Crippen LogP contribution in [0.1, 0.15) is 18.4 Å². The van der Waals surface area contributed by atoms with Crippen LogP contribution >= 0.6 is 23.4 Å². The van der Waals surface area contributed by atoms with E-state index in [4.69, 9.17) is 16.3 Å². The first kappa shape index (κ1) is 19.9. The zero-order valence-corrected chi connectivity index (χ0v) is 17.1. The van der Waals surface area contributed by atoms with Gasteiger partial charge in [-0.3, -0.25) is 14.7 Å². The summed E-state index contributed by atoms with van der Waals surface area (Å²) in [5, 5.41) is 21.2. The van der Waals surface area contributed by atoms with Crippen LogP contribution in [0.3, 0.4) is 0 Å².